The lowest BCUT2D eigenvalue weighted by atomic mass is 10.1. The van der Waals surface area contributed by atoms with E-state index in [1.807, 2.05) is 37.3 Å². The molecule has 1 N–H and O–H groups in total. The van der Waals surface area contributed by atoms with Gasteiger partial charge in [-0.3, -0.25) is 4.79 Å². The summed E-state index contributed by atoms with van der Waals surface area (Å²) in [5, 5.41) is 2.86. The van der Waals surface area contributed by atoms with E-state index in [1.165, 1.54) is 0 Å². The van der Waals surface area contributed by atoms with Crippen LogP contribution in [0.5, 0.6) is 5.75 Å². The maximum atomic E-state index is 12.1. The van der Waals surface area contributed by atoms with Gasteiger partial charge in [0.2, 0.25) is 0 Å². The Morgan fingerprint density at radius 1 is 1.21 bits per heavy atom. The fraction of sp³-hybridized carbons (Fsp3) is 0.133. The number of rotatable bonds is 3. The average Bonchev–Trinajstić information content (AvgIpc) is 2.41. The summed E-state index contributed by atoms with van der Waals surface area (Å²) in [7, 11) is 1.61. The van der Waals surface area contributed by atoms with Crippen LogP contribution in [0.15, 0.2) is 46.9 Å². The molecule has 2 rings (SSSR count). The summed E-state index contributed by atoms with van der Waals surface area (Å²) in [5.41, 5.74) is 2.29. The first-order valence-corrected chi connectivity index (χ1v) is 6.61. The number of anilines is 1. The van der Waals surface area contributed by atoms with E-state index < -0.39 is 0 Å². The number of carbonyl (C=O) groups excluding carboxylic acids is 1. The summed E-state index contributed by atoms with van der Waals surface area (Å²) in [5.74, 6) is 0.634. The van der Waals surface area contributed by atoms with E-state index in [-0.39, 0.29) is 5.91 Å². The highest BCUT2D eigenvalue weighted by Gasteiger charge is 2.09. The molecule has 0 radical (unpaired) electrons. The van der Waals surface area contributed by atoms with Crippen LogP contribution in [0.1, 0.15) is 15.9 Å². The van der Waals surface area contributed by atoms with E-state index in [2.05, 4.69) is 21.2 Å². The third-order valence-corrected chi connectivity index (χ3v) is 3.47. The van der Waals surface area contributed by atoms with Crippen molar-refractivity contribution in [2.75, 3.05) is 12.4 Å². The van der Waals surface area contributed by atoms with Crippen LogP contribution in [0.2, 0.25) is 0 Å². The summed E-state index contributed by atoms with van der Waals surface area (Å²) < 4.78 is 6.03. The van der Waals surface area contributed by atoms with Crippen molar-refractivity contribution >= 4 is 27.5 Å². The topological polar surface area (TPSA) is 38.3 Å². The molecule has 1 amide bonds. The molecule has 98 valence electrons. The lowest BCUT2D eigenvalue weighted by Crippen LogP contribution is -2.12. The first-order valence-electron chi connectivity index (χ1n) is 5.82. The van der Waals surface area contributed by atoms with Crippen molar-refractivity contribution in [3.8, 4) is 5.75 Å². The van der Waals surface area contributed by atoms with E-state index in [9.17, 15) is 4.79 Å². The van der Waals surface area contributed by atoms with Gasteiger partial charge in [-0.05, 0) is 58.7 Å². The van der Waals surface area contributed by atoms with Crippen molar-refractivity contribution in [3.05, 3.63) is 58.1 Å². The monoisotopic (exact) mass is 319 g/mol. The highest BCUT2D eigenvalue weighted by atomic mass is 79.9. The predicted octanol–water partition coefficient (Wildman–Crippen LogP) is 4.02. The minimum absolute atomic E-state index is 0.141. The van der Waals surface area contributed by atoms with Crippen molar-refractivity contribution in [1.82, 2.24) is 0 Å². The third kappa shape index (κ3) is 3.15. The number of halogens is 1. The molecule has 0 aromatic heterocycles. The van der Waals surface area contributed by atoms with E-state index in [0.717, 1.165) is 21.5 Å². The van der Waals surface area contributed by atoms with Crippen molar-refractivity contribution in [1.29, 1.82) is 0 Å². The Balaban J connectivity index is 2.21. The SMILES string of the molecule is COc1ccc(C(=O)Nc2ccccc2Br)cc1C. The Morgan fingerprint density at radius 2 is 1.95 bits per heavy atom. The molecule has 0 aliphatic heterocycles. The second-order valence-electron chi connectivity index (χ2n) is 4.12. The molecule has 0 aliphatic rings. The van der Waals surface area contributed by atoms with Crippen molar-refractivity contribution < 1.29 is 9.53 Å². The highest BCUT2D eigenvalue weighted by molar-refractivity contribution is 9.10. The number of aryl methyl sites for hydroxylation is 1. The number of nitrogens with one attached hydrogen (secondary N) is 1. The summed E-state index contributed by atoms with van der Waals surface area (Å²) in [6.45, 7) is 1.91. The number of para-hydroxylation sites is 1. The molecule has 4 heteroatoms. The van der Waals surface area contributed by atoms with Crippen molar-refractivity contribution in [2.24, 2.45) is 0 Å². The zero-order valence-corrected chi connectivity index (χ0v) is 12.3. The highest BCUT2D eigenvalue weighted by Crippen LogP contribution is 2.23. The summed E-state index contributed by atoms with van der Waals surface area (Å²) in [4.78, 5) is 12.1. The number of hydrogen-bond donors (Lipinski definition) is 1. The van der Waals surface area contributed by atoms with Crippen molar-refractivity contribution in [2.45, 2.75) is 6.92 Å². The molecule has 0 aliphatic carbocycles. The molecule has 0 atom stereocenters. The third-order valence-electron chi connectivity index (χ3n) is 2.78. The summed E-state index contributed by atoms with van der Waals surface area (Å²) >= 11 is 3.40. The number of amides is 1. The van der Waals surface area contributed by atoms with E-state index >= 15 is 0 Å². The number of carbonyl (C=O) groups is 1. The van der Waals surface area contributed by atoms with Gasteiger partial charge in [0.25, 0.3) is 5.91 Å². The van der Waals surface area contributed by atoms with Gasteiger partial charge in [0.15, 0.2) is 0 Å². The first-order chi connectivity index (χ1) is 9.11. The number of ether oxygens (including phenoxy) is 1. The normalized spacial score (nSPS) is 10.1. The van der Waals surface area contributed by atoms with Crippen LogP contribution in [-0.2, 0) is 0 Å². The molecule has 2 aromatic rings. The van der Waals surface area contributed by atoms with E-state index in [0.29, 0.717) is 5.56 Å². The van der Waals surface area contributed by atoms with Gasteiger partial charge in [-0.25, -0.2) is 0 Å². The average molecular weight is 320 g/mol. The van der Waals surface area contributed by atoms with Gasteiger partial charge in [-0.1, -0.05) is 12.1 Å². The minimum Gasteiger partial charge on any atom is -0.496 e. The number of hydrogen-bond acceptors (Lipinski definition) is 2. The molecule has 0 heterocycles. The van der Waals surface area contributed by atoms with Gasteiger partial charge in [-0.15, -0.1) is 0 Å². The van der Waals surface area contributed by atoms with Crippen LogP contribution in [0.25, 0.3) is 0 Å². The number of benzene rings is 2. The number of methoxy groups -OCH3 is 1. The molecule has 2 aromatic carbocycles. The second-order valence-corrected chi connectivity index (χ2v) is 4.97. The Morgan fingerprint density at radius 3 is 2.58 bits per heavy atom. The Kier molecular flexibility index (Phi) is 4.22. The van der Waals surface area contributed by atoms with Crippen LogP contribution in [-0.4, -0.2) is 13.0 Å². The molecule has 19 heavy (non-hydrogen) atoms. The molecule has 0 saturated carbocycles. The molecule has 0 fully saturated rings. The van der Waals surface area contributed by atoms with E-state index in [1.54, 1.807) is 19.2 Å². The minimum atomic E-state index is -0.141. The summed E-state index contributed by atoms with van der Waals surface area (Å²) in [6.07, 6.45) is 0. The van der Waals surface area contributed by atoms with Gasteiger partial charge in [0.05, 0.1) is 12.8 Å². The fourth-order valence-corrected chi connectivity index (χ4v) is 2.16. The lowest BCUT2D eigenvalue weighted by molar-refractivity contribution is 0.102. The van der Waals surface area contributed by atoms with Gasteiger partial charge in [0.1, 0.15) is 5.75 Å². The summed E-state index contributed by atoms with van der Waals surface area (Å²) in [6, 6.07) is 12.9. The molecule has 0 saturated heterocycles. The quantitative estimate of drug-likeness (QED) is 0.928. The Bertz CT molecular complexity index is 611. The van der Waals surface area contributed by atoms with Crippen LogP contribution < -0.4 is 10.1 Å². The van der Waals surface area contributed by atoms with Gasteiger partial charge >= 0.3 is 0 Å². The van der Waals surface area contributed by atoms with Crippen molar-refractivity contribution in [3.63, 3.8) is 0 Å². The first kappa shape index (κ1) is 13.6. The lowest BCUT2D eigenvalue weighted by Gasteiger charge is -2.09. The Labute approximate surface area is 120 Å². The fourth-order valence-electron chi connectivity index (χ4n) is 1.78. The maximum Gasteiger partial charge on any atom is 0.255 e. The molecular formula is C15H14BrNO2. The van der Waals surface area contributed by atoms with Crippen LogP contribution in [0, 0.1) is 6.92 Å². The molecule has 3 nitrogen and oxygen atoms in total. The van der Waals surface area contributed by atoms with Gasteiger partial charge in [0, 0.05) is 10.0 Å². The second kappa shape index (κ2) is 5.89. The largest absolute Gasteiger partial charge is 0.496 e. The Hall–Kier alpha value is -1.81. The van der Waals surface area contributed by atoms with Crippen LogP contribution in [0.4, 0.5) is 5.69 Å². The van der Waals surface area contributed by atoms with Crippen LogP contribution in [0.3, 0.4) is 0 Å². The molecule has 0 spiro atoms. The zero-order valence-electron chi connectivity index (χ0n) is 10.7. The standard InChI is InChI=1S/C15H14BrNO2/c1-10-9-11(7-8-14(10)19-2)15(18)17-13-6-4-3-5-12(13)16/h3-9H,1-2H3,(H,17,18). The molecular weight excluding hydrogens is 306 g/mol. The molecule has 0 bridgehead atoms. The predicted molar refractivity (Wildman–Crippen MR) is 79.8 cm³/mol. The smallest absolute Gasteiger partial charge is 0.255 e. The zero-order chi connectivity index (χ0) is 13.8. The maximum absolute atomic E-state index is 12.1. The molecule has 0 unspecified atom stereocenters. The van der Waals surface area contributed by atoms with E-state index in [4.69, 9.17) is 4.74 Å². The van der Waals surface area contributed by atoms with Gasteiger partial charge in [-0.2, -0.15) is 0 Å². The van der Waals surface area contributed by atoms with Gasteiger partial charge < -0.3 is 10.1 Å². The van der Waals surface area contributed by atoms with Crippen LogP contribution >= 0.6 is 15.9 Å².